The highest BCUT2D eigenvalue weighted by molar-refractivity contribution is 7.28. The standard InChI is InChI=1S/C28H39BN2O6S/c1-15-21-19(35-9)12-17(13-20(21)38-23(15)29-36-27(5,6)28(7,8)37-29)24(32)30-14-16-10-11-18(30)22(16)31(25(33)34)26(2,3)4/h12-13,16,18,22H,10-11,14H2,1-9H3,(H,33,34)/t16?,18?,22-/m1/s1. The van der Waals surface area contributed by atoms with Crippen molar-refractivity contribution < 1.29 is 28.7 Å². The van der Waals surface area contributed by atoms with E-state index in [0.29, 0.717) is 17.9 Å². The van der Waals surface area contributed by atoms with Crippen LogP contribution in [-0.2, 0) is 9.31 Å². The van der Waals surface area contributed by atoms with Crippen LogP contribution in [0.25, 0.3) is 10.1 Å². The van der Waals surface area contributed by atoms with Crippen LogP contribution in [0.15, 0.2) is 12.1 Å². The van der Waals surface area contributed by atoms with E-state index in [-0.39, 0.29) is 23.9 Å². The lowest BCUT2D eigenvalue weighted by Crippen LogP contribution is -2.55. The molecule has 3 atom stereocenters. The largest absolute Gasteiger partial charge is 0.505 e. The highest BCUT2D eigenvalue weighted by Gasteiger charge is 2.55. The molecule has 2 amide bonds. The van der Waals surface area contributed by atoms with Crippen molar-refractivity contribution in [2.24, 2.45) is 5.92 Å². The second-order valence-electron chi connectivity index (χ2n) is 12.9. The molecule has 2 bridgehead atoms. The zero-order valence-corrected chi connectivity index (χ0v) is 24.7. The summed E-state index contributed by atoms with van der Waals surface area (Å²) in [5.41, 5.74) is 0.140. The van der Waals surface area contributed by atoms with Crippen molar-refractivity contribution in [2.75, 3.05) is 13.7 Å². The smallest absolute Gasteiger partial charge is 0.496 e. The molecule has 1 aliphatic carbocycles. The summed E-state index contributed by atoms with van der Waals surface area (Å²) in [6.45, 7) is 16.5. The van der Waals surface area contributed by atoms with Crippen molar-refractivity contribution in [3.05, 3.63) is 23.3 Å². The quantitative estimate of drug-likeness (QED) is 0.553. The molecule has 2 unspecified atom stereocenters. The fraction of sp³-hybridized carbons (Fsp3) is 0.643. The van der Waals surface area contributed by atoms with Gasteiger partial charge in [0.05, 0.1) is 30.4 Å². The van der Waals surface area contributed by atoms with Crippen LogP contribution in [0.5, 0.6) is 5.75 Å². The summed E-state index contributed by atoms with van der Waals surface area (Å²) in [7, 11) is 1.13. The van der Waals surface area contributed by atoms with Gasteiger partial charge in [0.2, 0.25) is 0 Å². The summed E-state index contributed by atoms with van der Waals surface area (Å²) in [4.78, 5) is 29.6. The molecule has 3 aliphatic rings. The number of amides is 2. The fourth-order valence-corrected chi connectivity index (χ4v) is 7.66. The monoisotopic (exact) mass is 542 g/mol. The van der Waals surface area contributed by atoms with Crippen LogP contribution in [0, 0.1) is 12.8 Å². The topological polar surface area (TPSA) is 88.5 Å². The first-order valence-corrected chi connectivity index (χ1v) is 14.2. The number of aryl methyl sites for hydroxylation is 1. The van der Waals surface area contributed by atoms with Gasteiger partial charge in [-0.25, -0.2) is 4.79 Å². The minimum absolute atomic E-state index is 0.0788. The maximum absolute atomic E-state index is 13.9. The number of hydrogen-bond donors (Lipinski definition) is 1. The Morgan fingerprint density at radius 1 is 1.16 bits per heavy atom. The fourth-order valence-electron chi connectivity index (χ4n) is 6.43. The molecule has 2 aromatic rings. The van der Waals surface area contributed by atoms with Gasteiger partial charge in [-0.1, -0.05) is 0 Å². The number of rotatable bonds is 4. The van der Waals surface area contributed by atoms with Gasteiger partial charge < -0.3 is 24.1 Å². The number of ether oxygens (including phenoxy) is 1. The maximum atomic E-state index is 13.9. The molecule has 8 nitrogen and oxygen atoms in total. The summed E-state index contributed by atoms with van der Waals surface area (Å²) in [6.07, 6.45) is 0.814. The van der Waals surface area contributed by atoms with Gasteiger partial charge in [-0.2, -0.15) is 0 Å². The normalized spacial score (nSPS) is 25.9. The second-order valence-corrected chi connectivity index (χ2v) is 14.0. The van der Waals surface area contributed by atoms with Crippen molar-refractivity contribution >= 4 is 45.3 Å². The molecular formula is C28H39BN2O6S. The van der Waals surface area contributed by atoms with Gasteiger partial charge in [0, 0.05) is 32.5 Å². The Morgan fingerprint density at radius 2 is 1.79 bits per heavy atom. The number of piperidine rings is 1. The van der Waals surface area contributed by atoms with Gasteiger partial charge >= 0.3 is 13.2 Å². The molecule has 5 rings (SSSR count). The van der Waals surface area contributed by atoms with E-state index in [0.717, 1.165) is 33.3 Å². The Hall–Kier alpha value is -2.30. The van der Waals surface area contributed by atoms with Gasteiger partial charge in [-0.3, -0.25) is 9.69 Å². The van der Waals surface area contributed by atoms with Crippen LogP contribution >= 0.6 is 11.3 Å². The van der Waals surface area contributed by atoms with Crippen molar-refractivity contribution in [1.82, 2.24) is 9.80 Å². The molecule has 3 heterocycles. The van der Waals surface area contributed by atoms with E-state index < -0.39 is 30.0 Å². The molecule has 2 saturated heterocycles. The molecule has 206 valence electrons. The van der Waals surface area contributed by atoms with Crippen LogP contribution in [0.1, 0.15) is 77.2 Å². The van der Waals surface area contributed by atoms with Crippen molar-refractivity contribution in [3.8, 4) is 5.75 Å². The van der Waals surface area contributed by atoms with Gasteiger partial charge in [0.15, 0.2) is 0 Å². The minimum atomic E-state index is -0.930. The summed E-state index contributed by atoms with van der Waals surface area (Å²) in [6, 6.07) is 3.43. The van der Waals surface area contributed by atoms with E-state index in [2.05, 4.69) is 0 Å². The average molecular weight is 543 g/mol. The van der Waals surface area contributed by atoms with Crippen LogP contribution in [0.3, 0.4) is 0 Å². The first kappa shape index (κ1) is 27.3. The highest BCUT2D eigenvalue weighted by atomic mass is 32.1. The van der Waals surface area contributed by atoms with Crippen molar-refractivity contribution in [3.63, 3.8) is 0 Å². The van der Waals surface area contributed by atoms with E-state index in [1.807, 2.05) is 72.4 Å². The number of carbonyl (C=O) groups is 2. The van der Waals surface area contributed by atoms with Gasteiger partial charge in [-0.15, -0.1) is 11.3 Å². The van der Waals surface area contributed by atoms with E-state index in [4.69, 9.17) is 14.0 Å². The molecule has 1 aromatic heterocycles. The molecule has 1 aromatic carbocycles. The minimum Gasteiger partial charge on any atom is -0.496 e. The van der Waals surface area contributed by atoms with E-state index in [1.165, 1.54) is 0 Å². The summed E-state index contributed by atoms with van der Waals surface area (Å²) < 4.78 is 20.4. The number of benzene rings is 1. The van der Waals surface area contributed by atoms with Crippen molar-refractivity contribution in [2.45, 2.75) is 97.1 Å². The predicted octanol–water partition coefficient (Wildman–Crippen LogP) is 4.90. The van der Waals surface area contributed by atoms with Crippen LogP contribution in [0.4, 0.5) is 4.79 Å². The Balaban J connectivity index is 1.49. The second kappa shape index (κ2) is 8.86. The van der Waals surface area contributed by atoms with Crippen molar-refractivity contribution in [1.29, 1.82) is 0 Å². The Labute approximate surface area is 229 Å². The molecule has 1 N–H and O–H groups in total. The van der Waals surface area contributed by atoms with Gasteiger partial charge in [0.1, 0.15) is 5.75 Å². The van der Waals surface area contributed by atoms with Crippen LogP contribution < -0.4 is 9.51 Å². The third-order valence-corrected chi connectivity index (χ3v) is 10.3. The summed E-state index contributed by atoms with van der Waals surface area (Å²) in [5, 5.41) is 11.0. The number of carboxylic acid groups (broad SMARTS) is 1. The third kappa shape index (κ3) is 4.11. The zero-order chi connectivity index (χ0) is 27.9. The van der Waals surface area contributed by atoms with E-state index >= 15 is 0 Å². The Bertz CT molecular complexity index is 1280. The predicted molar refractivity (Wildman–Crippen MR) is 150 cm³/mol. The molecule has 10 heteroatoms. The first-order valence-electron chi connectivity index (χ1n) is 13.4. The number of nitrogens with zero attached hydrogens (tertiary/aromatic N) is 2. The Kier molecular flexibility index (Phi) is 6.36. The SMILES string of the molecule is COc1cc(C(=O)N2CC3CCC2[C@@H]3N(C(=O)O)C(C)(C)C)cc2sc(B3OC(C)(C)C(C)(C)O3)c(C)c12. The summed E-state index contributed by atoms with van der Waals surface area (Å²) >= 11 is 1.57. The Morgan fingerprint density at radius 3 is 2.34 bits per heavy atom. The molecule has 3 fully saturated rings. The van der Waals surface area contributed by atoms with Gasteiger partial charge in [0.25, 0.3) is 5.91 Å². The lowest BCUT2D eigenvalue weighted by molar-refractivity contribution is 0.00578. The number of methoxy groups -OCH3 is 1. The summed E-state index contributed by atoms with van der Waals surface area (Å²) in [5.74, 6) is 0.707. The highest BCUT2D eigenvalue weighted by Crippen LogP contribution is 2.45. The molecule has 0 spiro atoms. The lowest BCUT2D eigenvalue weighted by Gasteiger charge is -2.40. The number of hydrogen-bond acceptors (Lipinski definition) is 6. The molecular weight excluding hydrogens is 503 g/mol. The molecule has 1 saturated carbocycles. The molecule has 2 aliphatic heterocycles. The average Bonchev–Trinajstić information content (AvgIpc) is 3.51. The number of thiophene rings is 1. The van der Waals surface area contributed by atoms with E-state index in [9.17, 15) is 14.7 Å². The van der Waals surface area contributed by atoms with Crippen LogP contribution in [-0.4, -0.2) is 76.5 Å². The van der Waals surface area contributed by atoms with Crippen LogP contribution in [0.2, 0.25) is 0 Å². The maximum Gasteiger partial charge on any atom is 0.505 e. The zero-order valence-electron chi connectivity index (χ0n) is 23.9. The number of fused-ring (bicyclic) bond motifs is 3. The molecule has 0 radical (unpaired) electrons. The third-order valence-electron chi connectivity index (χ3n) is 8.99. The van der Waals surface area contributed by atoms with Gasteiger partial charge in [-0.05, 0) is 91.8 Å². The molecule has 38 heavy (non-hydrogen) atoms. The lowest BCUT2D eigenvalue weighted by atomic mass is 9.84. The van der Waals surface area contributed by atoms with E-state index in [1.54, 1.807) is 23.3 Å². The first-order chi connectivity index (χ1) is 17.6. The number of carbonyl (C=O) groups excluding carboxylic acids is 1. The number of likely N-dealkylation sites (tertiary alicyclic amines) is 1.